The number of amides is 1. The summed E-state index contributed by atoms with van der Waals surface area (Å²) >= 11 is 0. The van der Waals surface area contributed by atoms with Crippen LogP contribution in [-0.4, -0.2) is 43.5 Å². The van der Waals surface area contributed by atoms with Crippen LogP contribution in [0.15, 0.2) is 18.2 Å². The van der Waals surface area contributed by atoms with E-state index in [1.807, 2.05) is 19.2 Å². The third kappa shape index (κ3) is 4.29. The molecule has 2 rings (SSSR count). The number of anilines is 1. The maximum Gasteiger partial charge on any atom is 0.238 e. The number of carbonyl (C=O) groups excluding carboxylic acids is 1. The molecule has 4 heteroatoms. The van der Waals surface area contributed by atoms with Crippen LogP contribution in [0.25, 0.3) is 0 Å². The molecule has 1 aliphatic rings. The number of likely N-dealkylation sites (N-methyl/N-ethyl adjacent to an activating group) is 1. The minimum absolute atomic E-state index is 0.0895. The van der Waals surface area contributed by atoms with Crippen molar-refractivity contribution < 1.29 is 4.79 Å². The second-order valence-corrected chi connectivity index (χ2v) is 5.97. The molecule has 0 radical (unpaired) electrons. The lowest BCUT2D eigenvalue weighted by Gasteiger charge is -2.35. The Bertz CT molecular complexity index is 485. The normalized spacial score (nSPS) is 19.5. The summed E-state index contributed by atoms with van der Waals surface area (Å²) < 4.78 is 0. The van der Waals surface area contributed by atoms with Gasteiger partial charge in [-0.1, -0.05) is 18.6 Å². The third-order valence-corrected chi connectivity index (χ3v) is 4.41. The van der Waals surface area contributed by atoms with Gasteiger partial charge in [0.25, 0.3) is 0 Å². The Morgan fingerprint density at radius 3 is 2.90 bits per heavy atom. The van der Waals surface area contributed by atoms with Crippen LogP contribution in [0.4, 0.5) is 5.69 Å². The van der Waals surface area contributed by atoms with Gasteiger partial charge in [-0.05, 0) is 57.5 Å². The molecule has 0 bridgehead atoms. The fourth-order valence-corrected chi connectivity index (χ4v) is 3.00. The van der Waals surface area contributed by atoms with Gasteiger partial charge in [0, 0.05) is 18.3 Å². The number of aryl methyl sites for hydroxylation is 1. The molecule has 0 aromatic heterocycles. The van der Waals surface area contributed by atoms with E-state index < -0.39 is 0 Å². The summed E-state index contributed by atoms with van der Waals surface area (Å²) in [6.07, 6.45) is 3.63. The van der Waals surface area contributed by atoms with E-state index in [1.165, 1.54) is 24.8 Å². The molecule has 0 aliphatic carbocycles. The summed E-state index contributed by atoms with van der Waals surface area (Å²) in [5.41, 5.74) is 3.29. The molecule has 0 saturated carbocycles. The first-order valence-electron chi connectivity index (χ1n) is 7.86. The van der Waals surface area contributed by atoms with Gasteiger partial charge in [-0.3, -0.25) is 9.69 Å². The number of hydrogen-bond donors (Lipinski definition) is 2. The van der Waals surface area contributed by atoms with Gasteiger partial charge >= 0.3 is 0 Å². The summed E-state index contributed by atoms with van der Waals surface area (Å²) in [6, 6.07) is 6.51. The van der Waals surface area contributed by atoms with E-state index in [4.69, 9.17) is 0 Å². The van der Waals surface area contributed by atoms with Crippen LogP contribution in [-0.2, 0) is 4.79 Å². The maximum absolute atomic E-state index is 12.3. The monoisotopic (exact) mass is 289 g/mol. The smallest absolute Gasteiger partial charge is 0.238 e. The number of benzene rings is 1. The molecule has 2 N–H and O–H groups in total. The molecule has 1 atom stereocenters. The number of carbonyl (C=O) groups is 1. The van der Waals surface area contributed by atoms with E-state index in [0.29, 0.717) is 12.6 Å². The van der Waals surface area contributed by atoms with Gasteiger partial charge in [0.2, 0.25) is 5.91 Å². The molecule has 1 heterocycles. The Morgan fingerprint density at radius 1 is 1.33 bits per heavy atom. The van der Waals surface area contributed by atoms with Crippen molar-refractivity contribution in [3.8, 4) is 0 Å². The first-order valence-corrected chi connectivity index (χ1v) is 7.86. The van der Waals surface area contributed by atoms with E-state index >= 15 is 0 Å². The lowest BCUT2D eigenvalue weighted by molar-refractivity contribution is -0.118. The first-order chi connectivity index (χ1) is 10.1. The average Bonchev–Trinajstić information content (AvgIpc) is 2.46. The van der Waals surface area contributed by atoms with Crippen LogP contribution in [0.1, 0.15) is 30.4 Å². The molecule has 4 nitrogen and oxygen atoms in total. The molecule has 116 valence electrons. The van der Waals surface area contributed by atoms with Crippen molar-refractivity contribution in [2.24, 2.45) is 0 Å². The van der Waals surface area contributed by atoms with Crippen molar-refractivity contribution >= 4 is 11.6 Å². The quantitative estimate of drug-likeness (QED) is 0.874. The molecule has 21 heavy (non-hydrogen) atoms. The van der Waals surface area contributed by atoms with E-state index in [1.54, 1.807) is 0 Å². The minimum Gasteiger partial charge on any atom is -0.325 e. The van der Waals surface area contributed by atoms with Crippen LogP contribution < -0.4 is 10.6 Å². The number of hydrogen-bond acceptors (Lipinski definition) is 3. The summed E-state index contributed by atoms with van der Waals surface area (Å²) in [5, 5.41) is 6.29. The van der Waals surface area contributed by atoms with Gasteiger partial charge < -0.3 is 10.6 Å². The molecule has 1 amide bonds. The zero-order chi connectivity index (χ0) is 15.2. The van der Waals surface area contributed by atoms with Crippen molar-refractivity contribution in [3.63, 3.8) is 0 Å². The van der Waals surface area contributed by atoms with Gasteiger partial charge in [0.15, 0.2) is 0 Å². The lowest BCUT2D eigenvalue weighted by atomic mass is 10.0. The van der Waals surface area contributed by atoms with Gasteiger partial charge in [-0.2, -0.15) is 0 Å². The predicted molar refractivity (Wildman–Crippen MR) is 87.7 cm³/mol. The maximum atomic E-state index is 12.3. The van der Waals surface area contributed by atoms with Gasteiger partial charge in [0.05, 0.1) is 6.54 Å². The Morgan fingerprint density at radius 2 is 2.14 bits per heavy atom. The van der Waals surface area contributed by atoms with Gasteiger partial charge in [-0.25, -0.2) is 0 Å². The molecule has 1 aliphatic heterocycles. The SMILES string of the molecule is CNCC1CCCCN1CC(=O)Nc1cccc(C)c1C. The highest BCUT2D eigenvalue weighted by molar-refractivity contribution is 5.93. The highest BCUT2D eigenvalue weighted by Crippen LogP contribution is 2.19. The second kappa shape index (κ2) is 7.57. The number of likely N-dealkylation sites (tertiary alicyclic amines) is 1. The number of piperidine rings is 1. The summed E-state index contributed by atoms with van der Waals surface area (Å²) in [6.45, 7) is 6.58. The predicted octanol–water partition coefficient (Wildman–Crippen LogP) is 2.32. The zero-order valence-electron chi connectivity index (χ0n) is 13.4. The molecule has 1 unspecified atom stereocenters. The molecule has 1 aromatic rings. The Hall–Kier alpha value is -1.39. The summed E-state index contributed by atoms with van der Waals surface area (Å²) in [5.74, 6) is 0.0895. The van der Waals surface area contributed by atoms with Crippen molar-refractivity contribution in [1.29, 1.82) is 0 Å². The Kier molecular flexibility index (Phi) is 5.76. The van der Waals surface area contributed by atoms with E-state index in [-0.39, 0.29) is 5.91 Å². The zero-order valence-corrected chi connectivity index (χ0v) is 13.4. The Balaban J connectivity index is 1.95. The van der Waals surface area contributed by atoms with Crippen molar-refractivity contribution in [2.45, 2.75) is 39.2 Å². The highest BCUT2D eigenvalue weighted by Gasteiger charge is 2.23. The van der Waals surface area contributed by atoms with Gasteiger partial charge in [-0.15, -0.1) is 0 Å². The van der Waals surface area contributed by atoms with E-state index in [9.17, 15) is 4.79 Å². The second-order valence-electron chi connectivity index (χ2n) is 5.97. The van der Waals surface area contributed by atoms with E-state index in [0.717, 1.165) is 24.3 Å². The molecule has 1 saturated heterocycles. The van der Waals surface area contributed by atoms with Crippen molar-refractivity contribution in [2.75, 3.05) is 32.0 Å². The number of rotatable bonds is 5. The fourth-order valence-electron chi connectivity index (χ4n) is 3.00. The summed E-state index contributed by atoms with van der Waals surface area (Å²) in [4.78, 5) is 14.6. The largest absolute Gasteiger partial charge is 0.325 e. The van der Waals surface area contributed by atoms with Crippen LogP contribution in [0.3, 0.4) is 0 Å². The molecule has 1 fully saturated rings. The summed E-state index contributed by atoms with van der Waals surface area (Å²) in [7, 11) is 1.98. The molecule has 0 spiro atoms. The van der Waals surface area contributed by atoms with Crippen LogP contribution in [0.2, 0.25) is 0 Å². The third-order valence-electron chi connectivity index (χ3n) is 4.41. The van der Waals surface area contributed by atoms with Crippen LogP contribution in [0, 0.1) is 13.8 Å². The van der Waals surface area contributed by atoms with E-state index in [2.05, 4.69) is 35.4 Å². The first kappa shape index (κ1) is 16.0. The molecule has 1 aromatic carbocycles. The average molecular weight is 289 g/mol. The molecular weight excluding hydrogens is 262 g/mol. The van der Waals surface area contributed by atoms with Crippen LogP contribution in [0.5, 0.6) is 0 Å². The standard InChI is InChI=1S/C17H27N3O/c1-13-7-6-9-16(14(13)2)19-17(21)12-20-10-5-4-8-15(20)11-18-3/h6-7,9,15,18H,4-5,8,10-12H2,1-3H3,(H,19,21). The van der Waals surface area contributed by atoms with Crippen LogP contribution >= 0.6 is 0 Å². The lowest BCUT2D eigenvalue weighted by Crippen LogP contribution is -2.47. The number of nitrogens with one attached hydrogen (secondary N) is 2. The van der Waals surface area contributed by atoms with Crippen molar-refractivity contribution in [1.82, 2.24) is 10.2 Å². The minimum atomic E-state index is 0.0895. The highest BCUT2D eigenvalue weighted by atomic mass is 16.2. The molecular formula is C17H27N3O. The Labute approximate surface area is 127 Å². The fraction of sp³-hybridized carbons (Fsp3) is 0.588. The topological polar surface area (TPSA) is 44.4 Å². The van der Waals surface area contributed by atoms with Crippen molar-refractivity contribution in [3.05, 3.63) is 29.3 Å². The number of nitrogens with zero attached hydrogens (tertiary/aromatic N) is 1. The van der Waals surface area contributed by atoms with Gasteiger partial charge in [0.1, 0.15) is 0 Å².